The summed E-state index contributed by atoms with van der Waals surface area (Å²) in [4.78, 5) is 11.3. The third-order valence-electron chi connectivity index (χ3n) is 3.50. The molecule has 0 saturated heterocycles. The number of nitrogens with one attached hydrogen (secondary N) is 2. The van der Waals surface area contributed by atoms with Gasteiger partial charge in [-0.3, -0.25) is 4.79 Å². The van der Waals surface area contributed by atoms with Crippen molar-refractivity contribution in [1.29, 1.82) is 0 Å². The van der Waals surface area contributed by atoms with Crippen LogP contribution in [0.3, 0.4) is 0 Å². The lowest BCUT2D eigenvalue weighted by molar-refractivity contribution is -0.116. The molecule has 108 valence electrons. The highest BCUT2D eigenvalue weighted by Crippen LogP contribution is 2.26. The fourth-order valence-electron chi connectivity index (χ4n) is 2.36. The minimum Gasteiger partial charge on any atom is -0.381 e. The Balaban J connectivity index is 1.72. The molecule has 2 N–H and O–H groups in total. The van der Waals surface area contributed by atoms with Gasteiger partial charge in [0.25, 0.3) is 0 Å². The molecule has 0 bridgehead atoms. The molecule has 3 rings (SSSR count). The highest BCUT2D eigenvalue weighted by Gasteiger charge is 2.14. The predicted octanol–water partition coefficient (Wildman–Crippen LogP) is 3.98. The van der Waals surface area contributed by atoms with Crippen molar-refractivity contribution < 1.29 is 9.18 Å². The van der Waals surface area contributed by atoms with Crippen LogP contribution in [0.5, 0.6) is 0 Å². The summed E-state index contributed by atoms with van der Waals surface area (Å²) in [5.74, 6) is -0.283. The zero-order chi connectivity index (χ0) is 14.8. The summed E-state index contributed by atoms with van der Waals surface area (Å²) < 4.78 is 13.0. The molecule has 0 radical (unpaired) electrons. The van der Waals surface area contributed by atoms with E-state index in [0.717, 1.165) is 28.9 Å². The Morgan fingerprint density at radius 1 is 1.19 bits per heavy atom. The van der Waals surface area contributed by atoms with Gasteiger partial charge in [-0.05, 0) is 47.9 Å². The summed E-state index contributed by atoms with van der Waals surface area (Å²) in [6.07, 6.45) is 1.26. The standard InChI is InChI=1S/C16H14ClFN2O/c17-14-8-12(18)3-1-11(14)9-19-13-4-5-15-10(7-13)2-6-16(21)20-15/h1,3-5,7-8,19H,2,6,9H2,(H,20,21). The number of halogens is 2. The Morgan fingerprint density at radius 3 is 2.86 bits per heavy atom. The van der Waals surface area contributed by atoms with Crippen molar-refractivity contribution in [3.63, 3.8) is 0 Å². The SMILES string of the molecule is O=C1CCc2cc(NCc3ccc(F)cc3Cl)ccc2N1. The Morgan fingerprint density at radius 2 is 2.05 bits per heavy atom. The molecule has 1 amide bonds. The van der Waals surface area contributed by atoms with Crippen LogP contribution in [0.2, 0.25) is 5.02 Å². The molecule has 1 heterocycles. The van der Waals surface area contributed by atoms with E-state index in [2.05, 4.69) is 10.6 Å². The lowest BCUT2D eigenvalue weighted by Crippen LogP contribution is -2.18. The topological polar surface area (TPSA) is 41.1 Å². The Labute approximate surface area is 127 Å². The van der Waals surface area contributed by atoms with Crippen molar-refractivity contribution >= 4 is 28.9 Å². The van der Waals surface area contributed by atoms with Crippen LogP contribution in [-0.2, 0) is 17.8 Å². The van der Waals surface area contributed by atoms with E-state index in [9.17, 15) is 9.18 Å². The van der Waals surface area contributed by atoms with Gasteiger partial charge in [-0.25, -0.2) is 4.39 Å². The van der Waals surface area contributed by atoms with Crippen molar-refractivity contribution in [2.24, 2.45) is 0 Å². The highest BCUT2D eigenvalue weighted by atomic mass is 35.5. The molecular weight excluding hydrogens is 291 g/mol. The summed E-state index contributed by atoms with van der Waals surface area (Å²) in [5.41, 5.74) is 3.77. The monoisotopic (exact) mass is 304 g/mol. The minimum absolute atomic E-state index is 0.0568. The molecule has 0 saturated carbocycles. The smallest absolute Gasteiger partial charge is 0.224 e. The normalized spacial score (nSPS) is 13.5. The number of aryl methyl sites for hydroxylation is 1. The Hall–Kier alpha value is -2.07. The number of hydrogen-bond donors (Lipinski definition) is 2. The largest absolute Gasteiger partial charge is 0.381 e. The molecule has 5 heteroatoms. The van der Waals surface area contributed by atoms with Crippen molar-refractivity contribution in [3.8, 4) is 0 Å². The van der Waals surface area contributed by atoms with Gasteiger partial charge in [0.05, 0.1) is 0 Å². The van der Waals surface area contributed by atoms with Crippen LogP contribution in [0.25, 0.3) is 0 Å². The Bertz CT molecular complexity index is 703. The summed E-state index contributed by atoms with van der Waals surface area (Å²) in [7, 11) is 0. The van der Waals surface area contributed by atoms with Gasteiger partial charge < -0.3 is 10.6 Å². The third-order valence-corrected chi connectivity index (χ3v) is 3.85. The number of carbonyl (C=O) groups is 1. The molecule has 0 unspecified atom stereocenters. The second-order valence-corrected chi connectivity index (χ2v) is 5.42. The predicted molar refractivity (Wildman–Crippen MR) is 82.1 cm³/mol. The summed E-state index contributed by atoms with van der Waals surface area (Å²) in [6.45, 7) is 0.518. The fraction of sp³-hybridized carbons (Fsp3) is 0.188. The van der Waals surface area contributed by atoms with E-state index in [0.29, 0.717) is 18.0 Å². The van der Waals surface area contributed by atoms with Gasteiger partial charge in [0.15, 0.2) is 0 Å². The third kappa shape index (κ3) is 3.16. The average Bonchev–Trinajstić information content (AvgIpc) is 2.46. The van der Waals surface area contributed by atoms with E-state index in [1.54, 1.807) is 6.07 Å². The van der Waals surface area contributed by atoms with Crippen molar-refractivity contribution in [2.75, 3.05) is 10.6 Å². The lowest BCUT2D eigenvalue weighted by atomic mass is 10.0. The van der Waals surface area contributed by atoms with Crippen LogP contribution in [0.1, 0.15) is 17.5 Å². The molecule has 0 aliphatic carbocycles. The molecule has 1 aliphatic rings. The molecule has 21 heavy (non-hydrogen) atoms. The maximum absolute atomic E-state index is 13.0. The summed E-state index contributed by atoms with van der Waals surface area (Å²) in [6, 6.07) is 10.2. The van der Waals surface area contributed by atoms with Crippen LogP contribution in [0.15, 0.2) is 36.4 Å². The highest BCUT2D eigenvalue weighted by molar-refractivity contribution is 6.31. The van der Waals surface area contributed by atoms with Gasteiger partial charge in [-0.2, -0.15) is 0 Å². The molecule has 2 aromatic rings. The summed E-state index contributed by atoms with van der Waals surface area (Å²) >= 11 is 6.00. The number of amides is 1. The van der Waals surface area contributed by atoms with Crippen molar-refractivity contribution in [2.45, 2.75) is 19.4 Å². The number of carbonyl (C=O) groups excluding carboxylic acids is 1. The molecule has 0 spiro atoms. The summed E-state index contributed by atoms with van der Waals surface area (Å²) in [5, 5.41) is 6.52. The molecular formula is C16H14ClFN2O. The molecule has 0 aromatic heterocycles. The zero-order valence-corrected chi connectivity index (χ0v) is 12.0. The van der Waals surface area contributed by atoms with Crippen LogP contribution in [0.4, 0.5) is 15.8 Å². The van der Waals surface area contributed by atoms with Gasteiger partial charge >= 0.3 is 0 Å². The van der Waals surface area contributed by atoms with Crippen LogP contribution in [0, 0.1) is 5.82 Å². The first kappa shape index (κ1) is 13.9. The maximum atomic E-state index is 13.0. The molecule has 1 aliphatic heterocycles. The molecule has 3 nitrogen and oxygen atoms in total. The van der Waals surface area contributed by atoms with Gasteiger partial charge in [-0.15, -0.1) is 0 Å². The first-order valence-electron chi connectivity index (χ1n) is 6.72. The lowest BCUT2D eigenvalue weighted by Gasteiger charge is -2.18. The first-order valence-corrected chi connectivity index (χ1v) is 7.10. The van der Waals surface area contributed by atoms with Crippen molar-refractivity contribution in [1.82, 2.24) is 0 Å². The number of benzene rings is 2. The Kier molecular flexibility index (Phi) is 3.80. The van der Waals surface area contributed by atoms with E-state index in [-0.39, 0.29) is 11.7 Å². The second kappa shape index (κ2) is 5.74. The molecule has 0 atom stereocenters. The van der Waals surface area contributed by atoms with E-state index < -0.39 is 0 Å². The van der Waals surface area contributed by atoms with Crippen LogP contribution < -0.4 is 10.6 Å². The number of fused-ring (bicyclic) bond motifs is 1. The van der Waals surface area contributed by atoms with Crippen LogP contribution >= 0.6 is 11.6 Å². The van der Waals surface area contributed by atoms with E-state index in [1.807, 2.05) is 18.2 Å². The van der Waals surface area contributed by atoms with Gasteiger partial charge in [0.2, 0.25) is 5.91 Å². The maximum Gasteiger partial charge on any atom is 0.224 e. The van der Waals surface area contributed by atoms with Gasteiger partial charge in [0, 0.05) is 29.4 Å². The molecule has 0 fully saturated rings. The van der Waals surface area contributed by atoms with Crippen LogP contribution in [-0.4, -0.2) is 5.91 Å². The quantitative estimate of drug-likeness (QED) is 0.900. The molecule has 2 aromatic carbocycles. The minimum atomic E-state index is -0.340. The van der Waals surface area contributed by atoms with Gasteiger partial charge in [-0.1, -0.05) is 17.7 Å². The van der Waals surface area contributed by atoms with Gasteiger partial charge in [0.1, 0.15) is 5.82 Å². The van der Waals surface area contributed by atoms with Crippen molar-refractivity contribution in [3.05, 3.63) is 58.4 Å². The number of hydrogen-bond acceptors (Lipinski definition) is 2. The zero-order valence-electron chi connectivity index (χ0n) is 11.2. The second-order valence-electron chi connectivity index (χ2n) is 5.01. The van der Waals surface area contributed by atoms with E-state index in [1.165, 1.54) is 12.1 Å². The first-order chi connectivity index (χ1) is 10.1. The van der Waals surface area contributed by atoms with E-state index >= 15 is 0 Å². The number of anilines is 2. The van der Waals surface area contributed by atoms with E-state index in [4.69, 9.17) is 11.6 Å². The average molecular weight is 305 g/mol. The number of rotatable bonds is 3. The fourth-order valence-corrected chi connectivity index (χ4v) is 2.59.